The van der Waals surface area contributed by atoms with Gasteiger partial charge in [-0.2, -0.15) is 4.57 Å². The second-order valence-corrected chi connectivity index (χ2v) is 8.56. The average Bonchev–Trinajstić information content (AvgIpc) is 2.92. The maximum atomic E-state index is 14.5. The molecule has 0 aliphatic carbocycles. The molecule has 0 bridgehead atoms. The predicted octanol–water partition coefficient (Wildman–Crippen LogP) is 6.16. The van der Waals surface area contributed by atoms with Gasteiger partial charge in [-0.25, -0.2) is 8.96 Å². The van der Waals surface area contributed by atoms with Gasteiger partial charge in [0.15, 0.2) is 11.0 Å². The third-order valence-electron chi connectivity index (χ3n) is 6.44. The zero-order valence-electron chi connectivity index (χ0n) is 17.6. The average molecular weight is 386 g/mol. The van der Waals surface area contributed by atoms with Crippen LogP contribution in [0.2, 0.25) is 0 Å². The van der Waals surface area contributed by atoms with Gasteiger partial charge in [-0.15, -0.1) is 0 Å². The summed E-state index contributed by atoms with van der Waals surface area (Å²) in [5, 5.41) is 0. The quantitative estimate of drug-likeness (QED) is 0.347. The van der Waals surface area contributed by atoms with Gasteiger partial charge in [0.25, 0.3) is 5.82 Å². The van der Waals surface area contributed by atoms with Gasteiger partial charge in [-0.3, -0.25) is 0 Å². The molecular formula is C26H26FN2+. The number of benzene rings is 3. The fourth-order valence-electron chi connectivity index (χ4n) is 5.06. The molecule has 4 aromatic rings. The largest absolute Gasteiger partial charge is 0.295 e. The van der Waals surface area contributed by atoms with Crippen LogP contribution in [-0.4, -0.2) is 4.57 Å². The van der Waals surface area contributed by atoms with Crippen LogP contribution in [0.15, 0.2) is 54.6 Å². The van der Waals surface area contributed by atoms with Gasteiger partial charge >= 0.3 is 0 Å². The number of imidazole rings is 1. The van der Waals surface area contributed by atoms with E-state index in [1.54, 1.807) is 12.1 Å². The fourth-order valence-corrected chi connectivity index (χ4v) is 5.06. The van der Waals surface area contributed by atoms with Gasteiger partial charge in [-0.05, 0) is 48.2 Å². The highest BCUT2D eigenvalue weighted by Gasteiger charge is 2.37. The molecule has 146 valence electrons. The van der Waals surface area contributed by atoms with Crippen molar-refractivity contribution in [3.05, 3.63) is 82.7 Å². The molecule has 1 aliphatic heterocycles. The molecule has 5 rings (SSSR count). The molecule has 2 heterocycles. The van der Waals surface area contributed by atoms with Crippen molar-refractivity contribution in [2.24, 2.45) is 7.05 Å². The van der Waals surface area contributed by atoms with Crippen molar-refractivity contribution in [3.8, 4) is 17.1 Å². The summed E-state index contributed by atoms with van der Waals surface area (Å²) in [6.45, 7) is 8.72. The predicted molar refractivity (Wildman–Crippen MR) is 116 cm³/mol. The van der Waals surface area contributed by atoms with E-state index in [-0.39, 0.29) is 11.7 Å². The molecule has 0 N–H and O–H groups in total. The topological polar surface area (TPSA) is 8.81 Å². The van der Waals surface area contributed by atoms with Crippen LogP contribution in [0.1, 0.15) is 54.9 Å². The van der Waals surface area contributed by atoms with E-state index in [9.17, 15) is 4.39 Å². The zero-order chi connectivity index (χ0) is 20.4. The second kappa shape index (κ2) is 6.28. The molecule has 0 radical (unpaired) electrons. The van der Waals surface area contributed by atoms with Crippen molar-refractivity contribution < 1.29 is 8.96 Å². The molecule has 1 atom stereocenters. The van der Waals surface area contributed by atoms with Crippen LogP contribution >= 0.6 is 0 Å². The normalized spacial score (nSPS) is 15.2. The highest BCUT2D eigenvalue weighted by Crippen LogP contribution is 2.45. The number of rotatable bonds is 1. The number of aryl methyl sites for hydroxylation is 2. The van der Waals surface area contributed by atoms with Gasteiger partial charge in [-0.1, -0.05) is 51.1 Å². The van der Waals surface area contributed by atoms with Gasteiger partial charge in [0.05, 0.1) is 12.6 Å². The maximum absolute atomic E-state index is 14.5. The minimum atomic E-state index is -0.165. The lowest BCUT2D eigenvalue weighted by Crippen LogP contribution is -2.30. The monoisotopic (exact) mass is 385 g/mol. The van der Waals surface area contributed by atoms with Crippen LogP contribution in [0.3, 0.4) is 0 Å². The van der Waals surface area contributed by atoms with Crippen LogP contribution in [0.4, 0.5) is 4.39 Å². The molecule has 1 unspecified atom stereocenters. The smallest absolute Gasteiger partial charge is 0.225 e. The lowest BCUT2D eigenvalue weighted by Gasteiger charge is -2.18. The molecule has 0 saturated carbocycles. The minimum absolute atomic E-state index is 0.103. The first-order valence-corrected chi connectivity index (χ1v) is 10.3. The molecular weight excluding hydrogens is 359 g/mol. The molecule has 29 heavy (non-hydrogen) atoms. The van der Waals surface area contributed by atoms with Crippen molar-refractivity contribution in [2.75, 3.05) is 0 Å². The van der Waals surface area contributed by atoms with E-state index in [1.807, 2.05) is 6.92 Å². The molecule has 1 aliphatic rings. The molecule has 0 spiro atoms. The van der Waals surface area contributed by atoms with Gasteiger partial charge in [0.2, 0.25) is 0 Å². The number of nitrogens with zero attached hydrogens (tertiary/aromatic N) is 2. The van der Waals surface area contributed by atoms with Crippen LogP contribution < -0.4 is 4.57 Å². The molecule has 0 amide bonds. The highest BCUT2D eigenvalue weighted by atomic mass is 19.1. The Kier molecular flexibility index (Phi) is 3.92. The highest BCUT2D eigenvalue weighted by molar-refractivity contribution is 5.83. The van der Waals surface area contributed by atoms with Gasteiger partial charge in [0.1, 0.15) is 11.5 Å². The Hall–Kier alpha value is -2.94. The lowest BCUT2D eigenvalue weighted by molar-refractivity contribution is -0.633. The number of aromatic nitrogens is 2. The maximum Gasteiger partial charge on any atom is 0.295 e. The van der Waals surface area contributed by atoms with Crippen molar-refractivity contribution >= 4 is 11.0 Å². The van der Waals surface area contributed by atoms with Crippen molar-refractivity contribution in [1.29, 1.82) is 0 Å². The summed E-state index contributed by atoms with van der Waals surface area (Å²) in [7, 11) is 2.12. The van der Waals surface area contributed by atoms with E-state index in [1.165, 1.54) is 27.8 Å². The van der Waals surface area contributed by atoms with E-state index in [0.717, 1.165) is 22.5 Å². The van der Waals surface area contributed by atoms with Crippen LogP contribution in [0.25, 0.3) is 28.1 Å². The molecule has 2 nitrogen and oxygen atoms in total. The van der Waals surface area contributed by atoms with Crippen molar-refractivity contribution in [3.63, 3.8) is 0 Å². The lowest BCUT2D eigenvalue weighted by atomic mass is 9.86. The number of halogens is 1. The first kappa shape index (κ1) is 18.1. The Morgan fingerprint density at radius 3 is 2.52 bits per heavy atom. The molecule has 3 aromatic carbocycles. The van der Waals surface area contributed by atoms with Crippen LogP contribution in [-0.2, 0) is 7.05 Å². The molecule has 0 fully saturated rings. The summed E-state index contributed by atoms with van der Waals surface area (Å²) in [6, 6.07) is 18.5. The van der Waals surface area contributed by atoms with Crippen LogP contribution in [0, 0.1) is 12.7 Å². The molecule has 3 heteroatoms. The number of hydrogen-bond acceptors (Lipinski definition) is 0. The van der Waals surface area contributed by atoms with E-state index < -0.39 is 0 Å². The number of para-hydroxylation sites is 3. The van der Waals surface area contributed by atoms with Gasteiger partial charge in [0, 0.05) is 17.0 Å². The van der Waals surface area contributed by atoms with Gasteiger partial charge < -0.3 is 0 Å². The number of hydrogen-bond donors (Lipinski definition) is 0. The SMILES string of the molecule is Cc1cc(F)cc2c1-c1n(c3ccccc3[n+]1C)-c1c(C(C)C)cccc1C2C. The fraction of sp³-hybridized carbons (Fsp3) is 0.269. The summed E-state index contributed by atoms with van der Waals surface area (Å²) >= 11 is 0. The Bertz CT molecular complexity index is 1280. The standard InChI is InChI=1S/C26H26FN2/c1-15(2)19-9-8-10-20-17(4)21-14-18(27)13-16(3)24(21)26-28(5)22-11-6-7-12-23(22)29(26)25(19)20/h6-15,17H,1-5H3/q+1. The minimum Gasteiger partial charge on any atom is -0.225 e. The summed E-state index contributed by atoms with van der Waals surface area (Å²) < 4.78 is 19.2. The summed E-state index contributed by atoms with van der Waals surface area (Å²) in [5.41, 5.74) is 9.36. The van der Waals surface area contributed by atoms with E-state index in [4.69, 9.17) is 0 Å². The number of fused-ring (bicyclic) bond motifs is 7. The first-order valence-electron chi connectivity index (χ1n) is 10.3. The van der Waals surface area contributed by atoms with E-state index in [2.05, 4.69) is 79.4 Å². The summed E-state index contributed by atoms with van der Waals surface area (Å²) in [4.78, 5) is 0. The third-order valence-corrected chi connectivity index (χ3v) is 6.44. The summed E-state index contributed by atoms with van der Waals surface area (Å²) in [5.74, 6) is 1.45. The molecule has 0 saturated heterocycles. The zero-order valence-corrected chi connectivity index (χ0v) is 17.6. The first-order chi connectivity index (χ1) is 13.9. The Morgan fingerprint density at radius 2 is 1.76 bits per heavy atom. The summed E-state index contributed by atoms with van der Waals surface area (Å²) in [6.07, 6.45) is 0. The van der Waals surface area contributed by atoms with E-state index in [0.29, 0.717) is 5.92 Å². The van der Waals surface area contributed by atoms with Crippen LogP contribution in [0.5, 0.6) is 0 Å². The second-order valence-electron chi connectivity index (χ2n) is 8.56. The Labute approximate surface area is 171 Å². The third kappa shape index (κ3) is 2.43. The van der Waals surface area contributed by atoms with Crippen molar-refractivity contribution in [1.82, 2.24) is 4.57 Å². The Balaban J connectivity index is 2.08. The Morgan fingerprint density at radius 1 is 1.00 bits per heavy atom. The molecule has 1 aromatic heterocycles. The van der Waals surface area contributed by atoms with Crippen molar-refractivity contribution in [2.45, 2.75) is 39.5 Å². The van der Waals surface area contributed by atoms with E-state index >= 15 is 0 Å².